The van der Waals surface area contributed by atoms with Crippen LogP contribution in [-0.4, -0.2) is 0 Å². The molecule has 6 bridgehead atoms. The molecule has 1 aliphatic carbocycles. The summed E-state index contributed by atoms with van der Waals surface area (Å²) in [6, 6.07) is 22.6. The van der Waals surface area contributed by atoms with Crippen molar-refractivity contribution in [1.82, 2.24) is 0 Å². The standard InChI is InChI=1S/C21H13Br2P/c22-14-3-7-16(8-4-14)24-15-5-1-13(2-6-15)17-9-10-18-20(24)12-11-19(23)21(17)18/h1-12,17H. The van der Waals surface area contributed by atoms with Crippen LogP contribution in [0.25, 0.3) is 6.08 Å². The quantitative estimate of drug-likeness (QED) is 0.428. The van der Waals surface area contributed by atoms with E-state index in [1.54, 1.807) is 0 Å². The molecule has 3 aliphatic rings. The fourth-order valence-corrected chi connectivity index (χ4v) is 6.96. The van der Waals surface area contributed by atoms with E-state index in [9.17, 15) is 0 Å². The molecule has 0 spiro atoms. The van der Waals surface area contributed by atoms with Crippen molar-refractivity contribution >= 4 is 61.8 Å². The molecular formula is C21H13Br2P. The molecule has 0 nitrogen and oxygen atoms in total. The third kappa shape index (κ3) is 2.20. The molecule has 0 radical (unpaired) electrons. The Bertz CT molecular complexity index is 972. The minimum atomic E-state index is -0.547. The normalized spacial score (nSPS) is 19.9. The Morgan fingerprint density at radius 2 is 1.42 bits per heavy atom. The van der Waals surface area contributed by atoms with E-state index >= 15 is 0 Å². The monoisotopic (exact) mass is 454 g/mol. The summed E-state index contributed by atoms with van der Waals surface area (Å²) < 4.78 is 2.34. The number of hydrogen-bond acceptors (Lipinski definition) is 0. The van der Waals surface area contributed by atoms with E-state index in [-0.39, 0.29) is 0 Å². The lowest BCUT2D eigenvalue weighted by Crippen LogP contribution is -2.22. The van der Waals surface area contributed by atoms with Crippen LogP contribution in [0.4, 0.5) is 0 Å². The van der Waals surface area contributed by atoms with Gasteiger partial charge in [-0.05, 0) is 58.7 Å². The van der Waals surface area contributed by atoms with E-state index in [0.29, 0.717) is 5.92 Å². The van der Waals surface area contributed by atoms with Crippen LogP contribution < -0.4 is 15.9 Å². The van der Waals surface area contributed by atoms with E-state index in [4.69, 9.17) is 0 Å². The van der Waals surface area contributed by atoms with E-state index in [1.165, 1.54) is 37.1 Å². The molecule has 24 heavy (non-hydrogen) atoms. The average molecular weight is 456 g/mol. The Hall–Kier alpha value is -1.21. The zero-order valence-corrected chi connectivity index (χ0v) is 16.8. The molecule has 6 rings (SSSR count). The van der Waals surface area contributed by atoms with Crippen molar-refractivity contribution in [2.75, 3.05) is 0 Å². The summed E-state index contributed by atoms with van der Waals surface area (Å²) >= 11 is 7.35. The number of fused-ring (bicyclic) bond motifs is 2. The second kappa shape index (κ2) is 5.66. The Morgan fingerprint density at radius 3 is 2.12 bits per heavy atom. The van der Waals surface area contributed by atoms with Crippen LogP contribution in [-0.2, 0) is 0 Å². The lowest BCUT2D eigenvalue weighted by Gasteiger charge is -2.21. The van der Waals surface area contributed by atoms with Gasteiger partial charge in [-0.1, -0.05) is 86.5 Å². The van der Waals surface area contributed by atoms with Gasteiger partial charge in [0.15, 0.2) is 0 Å². The molecule has 0 saturated carbocycles. The highest BCUT2D eigenvalue weighted by atomic mass is 79.9. The van der Waals surface area contributed by atoms with Gasteiger partial charge in [-0.25, -0.2) is 0 Å². The van der Waals surface area contributed by atoms with Crippen LogP contribution in [0.5, 0.6) is 0 Å². The van der Waals surface area contributed by atoms with Crippen molar-refractivity contribution in [3.05, 3.63) is 92.4 Å². The first-order valence-corrected chi connectivity index (χ1v) is 10.8. The molecule has 3 aromatic rings. The highest BCUT2D eigenvalue weighted by molar-refractivity contribution is 9.10. The van der Waals surface area contributed by atoms with E-state index in [0.717, 1.165) is 4.47 Å². The van der Waals surface area contributed by atoms with Gasteiger partial charge >= 0.3 is 0 Å². The lowest BCUT2D eigenvalue weighted by molar-refractivity contribution is 1.04. The second-order valence-electron chi connectivity index (χ2n) is 6.13. The minimum Gasteiger partial charge on any atom is -0.0720 e. The first kappa shape index (κ1) is 15.1. The molecule has 116 valence electrons. The zero-order valence-electron chi connectivity index (χ0n) is 12.7. The molecule has 2 atom stereocenters. The van der Waals surface area contributed by atoms with Crippen LogP contribution in [0.3, 0.4) is 0 Å². The molecule has 3 heteroatoms. The van der Waals surface area contributed by atoms with E-state index < -0.39 is 7.92 Å². The summed E-state index contributed by atoms with van der Waals surface area (Å²) in [6.45, 7) is 0. The van der Waals surface area contributed by atoms with Gasteiger partial charge in [0.2, 0.25) is 0 Å². The smallest absolute Gasteiger partial charge is 0.0290 e. The maximum Gasteiger partial charge on any atom is 0.0290 e. The number of halogens is 2. The molecule has 2 aliphatic heterocycles. The van der Waals surface area contributed by atoms with Crippen LogP contribution in [0, 0.1) is 0 Å². The lowest BCUT2D eigenvalue weighted by atomic mass is 9.93. The Kier molecular flexibility index (Phi) is 3.56. The summed E-state index contributed by atoms with van der Waals surface area (Å²) in [5.74, 6) is 0.364. The fraction of sp³-hybridized carbons (Fsp3) is 0.0476. The van der Waals surface area contributed by atoms with Gasteiger partial charge < -0.3 is 0 Å². The van der Waals surface area contributed by atoms with Gasteiger partial charge in [0, 0.05) is 14.9 Å². The van der Waals surface area contributed by atoms with Gasteiger partial charge in [0.05, 0.1) is 0 Å². The third-order valence-corrected chi connectivity index (χ3v) is 8.53. The van der Waals surface area contributed by atoms with Crippen molar-refractivity contribution in [2.45, 2.75) is 5.92 Å². The van der Waals surface area contributed by atoms with Gasteiger partial charge in [-0.3, -0.25) is 0 Å². The van der Waals surface area contributed by atoms with Crippen molar-refractivity contribution in [2.24, 2.45) is 0 Å². The predicted octanol–water partition coefficient (Wildman–Crippen LogP) is 5.44. The number of hydrogen-bond donors (Lipinski definition) is 0. The first-order valence-electron chi connectivity index (χ1n) is 7.88. The summed E-state index contributed by atoms with van der Waals surface area (Å²) in [5, 5.41) is 4.27. The average Bonchev–Trinajstić information content (AvgIpc) is 3.07. The number of benzene rings is 3. The van der Waals surface area contributed by atoms with Crippen LogP contribution in [0.2, 0.25) is 0 Å². The number of rotatable bonds is 1. The first-order chi connectivity index (χ1) is 11.7. The highest BCUT2D eigenvalue weighted by Gasteiger charge is 2.30. The molecule has 0 amide bonds. The van der Waals surface area contributed by atoms with Crippen molar-refractivity contribution in [3.8, 4) is 0 Å². The molecule has 0 saturated heterocycles. The van der Waals surface area contributed by atoms with E-state index in [2.05, 4.69) is 105 Å². The van der Waals surface area contributed by atoms with Gasteiger partial charge in [-0.15, -0.1) is 0 Å². The molecule has 2 heterocycles. The topological polar surface area (TPSA) is 0 Å². The van der Waals surface area contributed by atoms with Crippen molar-refractivity contribution in [3.63, 3.8) is 0 Å². The SMILES string of the molecule is Brc1ccc(P2c3ccc(cc3)C3C=Cc4c2ccc(Br)c43)cc1. The molecule has 2 unspecified atom stereocenters. The van der Waals surface area contributed by atoms with Crippen molar-refractivity contribution < 1.29 is 0 Å². The molecule has 0 aromatic heterocycles. The molecule has 0 N–H and O–H groups in total. The molecule has 3 aromatic carbocycles. The van der Waals surface area contributed by atoms with Gasteiger partial charge in [0.25, 0.3) is 0 Å². The van der Waals surface area contributed by atoms with Gasteiger partial charge in [-0.2, -0.15) is 0 Å². The Balaban J connectivity index is 1.85. The zero-order chi connectivity index (χ0) is 16.3. The predicted molar refractivity (Wildman–Crippen MR) is 111 cm³/mol. The van der Waals surface area contributed by atoms with Crippen molar-refractivity contribution in [1.29, 1.82) is 0 Å². The summed E-state index contributed by atoms with van der Waals surface area (Å²) in [7, 11) is -0.547. The van der Waals surface area contributed by atoms with Crippen LogP contribution >= 0.6 is 39.8 Å². The third-order valence-electron chi connectivity index (χ3n) is 4.81. The number of allylic oxidation sites excluding steroid dienone is 1. The second-order valence-corrected chi connectivity index (χ2v) is 10.1. The minimum absolute atomic E-state index is 0.364. The fourth-order valence-electron chi connectivity index (χ4n) is 3.70. The molecule has 0 fully saturated rings. The largest absolute Gasteiger partial charge is 0.0720 e. The van der Waals surface area contributed by atoms with E-state index in [1.807, 2.05) is 0 Å². The molecular weight excluding hydrogens is 443 g/mol. The summed E-state index contributed by atoms with van der Waals surface area (Å²) in [4.78, 5) is 0. The van der Waals surface area contributed by atoms with Crippen LogP contribution in [0.15, 0.2) is 75.7 Å². The summed E-state index contributed by atoms with van der Waals surface area (Å²) in [5.41, 5.74) is 4.20. The Morgan fingerprint density at radius 1 is 0.750 bits per heavy atom. The summed E-state index contributed by atoms with van der Waals surface area (Å²) in [6.07, 6.45) is 4.67. The van der Waals surface area contributed by atoms with Gasteiger partial charge in [0.1, 0.15) is 0 Å². The highest BCUT2D eigenvalue weighted by Crippen LogP contribution is 2.45. The maximum atomic E-state index is 3.79. The maximum absolute atomic E-state index is 3.79. The Labute approximate surface area is 159 Å². The van der Waals surface area contributed by atoms with Crippen LogP contribution in [0.1, 0.15) is 22.6 Å².